The third-order valence-corrected chi connectivity index (χ3v) is 5.59. The summed E-state index contributed by atoms with van der Waals surface area (Å²) in [6.45, 7) is -0.336. The van der Waals surface area contributed by atoms with Gasteiger partial charge in [0.15, 0.2) is 13.1 Å². The van der Waals surface area contributed by atoms with E-state index in [-0.39, 0.29) is 69.8 Å². The van der Waals surface area contributed by atoms with Gasteiger partial charge < -0.3 is 42.7 Å². The number of halogens is 3. The van der Waals surface area contributed by atoms with Crippen molar-refractivity contribution in [3.05, 3.63) is 53.0 Å². The molecule has 0 saturated carbocycles. The van der Waals surface area contributed by atoms with Gasteiger partial charge in [0.05, 0.1) is 47.0 Å². The minimum absolute atomic E-state index is 0. The van der Waals surface area contributed by atoms with Gasteiger partial charge in [-0.1, -0.05) is 23.2 Å². The number of hydrogen-bond donors (Lipinski definition) is 6. The second-order valence-electron chi connectivity index (χ2n) is 7.79. The summed E-state index contributed by atoms with van der Waals surface area (Å²) in [5.74, 6) is -1.70. The number of nitrogens with one attached hydrogen (secondary N) is 4. The molecule has 0 aliphatic heterocycles. The summed E-state index contributed by atoms with van der Waals surface area (Å²) in [5.41, 5.74) is 0.221. The molecule has 0 spiro atoms. The number of carbonyl (C=O) groups excluding carboxylic acids is 4. The monoisotopic (exact) mass is 616 g/mol. The van der Waals surface area contributed by atoms with E-state index in [4.69, 9.17) is 23.2 Å². The molecule has 0 radical (unpaired) electrons. The number of aromatic hydroxyl groups is 2. The molecule has 0 unspecified atom stereocenters. The van der Waals surface area contributed by atoms with Crippen LogP contribution in [-0.4, -0.2) is 53.0 Å². The van der Waals surface area contributed by atoms with Crippen molar-refractivity contribution in [1.29, 1.82) is 0 Å². The van der Waals surface area contributed by atoms with Crippen LogP contribution in [0.4, 0.5) is 32.3 Å². The molecular weight excluding hydrogens is 595 g/mol. The van der Waals surface area contributed by atoms with Crippen molar-refractivity contribution >= 4 is 70.0 Å². The predicted octanol–water partition coefficient (Wildman–Crippen LogP) is 0.132. The zero-order valence-electron chi connectivity index (χ0n) is 20.8. The number of carbonyl (C=O) groups is 4. The Morgan fingerprint density at radius 2 is 1.27 bits per heavy atom. The van der Waals surface area contributed by atoms with E-state index < -0.39 is 24.0 Å². The highest BCUT2D eigenvalue weighted by atomic mass is 35.5. The molecule has 1 aromatic heterocycles. The van der Waals surface area contributed by atoms with Gasteiger partial charge in [-0.25, -0.2) is 18.7 Å². The molecule has 3 aromatic rings. The highest BCUT2D eigenvalue weighted by Crippen LogP contribution is 2.35. The second kappa shape index (κ2) is 14.1. The van der Waals surface area contributed by atoms with Gasteiger partial charge >= 0.3 is 12.2 Å². The fourth-order valence-corrected chi connectivity index (χ4v) is 3.60. The fraction of sp³-hybridized carbons (Fsp3) is 0.174. The number of imidazole rings is 1. The molecular formula is C23H23Cl3N6O8. The fourth-order valence-electron chi connectivity index (χ4n) is 3.17. The number of amides is 4. The van der Waals surface area contributed by atoms with Gasteiger partial charge in [0.2, 0.25) is 6.33 Å². The first kappa shape index (κ1) is 31.8. The summed E-state index contributed by atoms with van der Waals surface area (Å²) in [6, 6.07) is 4.84. The van der Waals surface area contributed by atoms with Gasteiger partial charge in [-0.3, -0.25) is 20.2 Å². The van der Waals surface area contributed by atoms with Crippen LogP contribution < -0.4 is 38.2 Å². The van der Waals surface area contributed by atoms with Crippen molar-refractivity contribution in [1.82, 2.24) is 4.57 Å². The van der Waals surface area contributed by atoms with Crippen molar-refractivity contribution in [2.45, 2.75) is 13.1 Å². The van der Waals surface area contributed by atoms with E-state index >= 15 is 0 Å². The van der Waals surface area contributed by atoms with E-state index in [2.05, 4.69) is 30.7 Å². The molecule has 0 atom stereocenters. The number of methoxy groups -OCH3 is 2. The third-order valence-electron chi connectivity index (χ3n) is 4.96. The lowest BCUT2D eigenvalue weighted by atomic mass is 10.2. The summed E-state index contributed by atoms with van der Waals surface area (Å²) in [5, 5.41) is 30.1. The first-order valence-electron chi connectivity index (χ1n) is 10.9. The van der Waals surface area contributed by atoms with Crippen LogP contribution >= 0.6 is 23.2 Å². The summed E-state index contributed by atoms with van der Waals surface area (Å²) in [6.07, 6.45) is 3.02. The molecule has 17 heteroatoms. The van der Waals surface area contributed by atoms with Crippen LogP contribution in [0.1, 0.15) is 0 Å². The Morgan fingerprint density at radius 3 is 1.75 bits per heavy atom. The van der Waals surface area contributed by atoms with Crippen molar-refractivity contribution in [2.75, 3.05) is 35.5 Å². The first-order chi connectivity index (χ1) is 18.5. The lowest BCUT2D eigenvalue weighted by Gasteiger charge is -2.11. The van der Waals surface area contributed by atoms with Crippen molar-refractivity contribution in [3.63, 3.8) is 0 Å². The third kappa shape index (κ3) is 8.56. The average molecular weight is 618 g/mol. The smallest absolute Gasteiger partial charge is 0.411 e. The van der Waals surface area contributed by atoms with E-state index in [1.165, 1.54) is 41.8 Å². The number of benzene rings is 2. The van der Waals surface area contributed by atoms with Crippen molar-refractivity contribution < 1.29 is 55.8 Å². The van der Waals surface area contributed by atoms with E-state index in [1.54, 1.807) is 12.4 Å². The van der Waals surface area contributed by atoms with Crippen LogP contribution in [0, 0.1) is 0 Å². The molecule has 0 aliphatic carbocycles. The Bertz CT molecular complexity index is 1330. The number of phenolic OH excluding ortho intramolecular Hbond substituents is 2. The molecule has 2 aromatic carbocycles. The number of ether oxygens (including phenoxy) is 2. The lowest BCUT2D eigenvalue weighted by molar-refractivity contribution is -0.683. The second-order valence-corrected chi connectivity index (χ2v) is 8.60. The van der Waals surface area contributed by atoms with Crippen LogP contribution in [-0.2, 0) is 32.2 Å². The molecule has 3 rings (SSSR count). The zero-order valence-corrected chi connectivity index (χ0v) is 23.1. The van der Waals surface area contributed by atoms with Gasteiger partial charge in [0, 0.05) is 12.1 Å². The highest BCUT2D eigenvalue weighted by molar-refractivity contribution is 6.34. The summed E-state index contributed by atoms with van der Waals surface area (Å²) >= 11 is 12.2. The summed E-state index contributed by atoms with van der Waals surface area (Å²) in [7, 11) is 2.34. The molecule has 0 aliphatic rings. The Hall–Kier alpha value is -4.40. The Balaban J connectivity index is 0.00000560. The molecule has 0 saturated heterocycles. The van der Waals surface area contributed by atoms with Crippen LogP contribution in [0.2, 0.25) is 10.0 Å². The Labute approximate surface area is 243 Å². The van der Waals surface area contributed by atoms with Gasteiger partial charge in [-0.05, 0) is 12.1 Å². The number of hydrogen-bond acceptors (Lipinski definition) is 8. The van der Waals surface area contributed by atoms with Crippen molar-refractivity contribution in [3.8, 4) is 11.5 Å². The molecule has 6 N–H and O–H groups in total. The lowest BCUT2D eigenvalue weighted by Crippen LogP contribution is -3.00. The number of nitrogens with zero attached hydrogens (tertiary/aromatic N) is 2. The molecule has 0 fully saturated rings. The van der Waals surface area contributed by atoms with E-state index in [9.17, 15) is 29.4 Å². The minimum Gasteiger partial charge on any atom is -1.00 e. The molecule has 0 bridgehead atoms. The SMILES string of the molecule is COC(=O)Nc1cc(O)c(NC(=O)Cn2cc[n+](CC(=O)Nc3cc(Cl)c(NC(=O)OC)cc3O)c2)cc1Cl.[Cl-]. The topological polar surface area (TPSA) is 184 Å². The van der Waals surface area contributed by atoms with Gasteiger partial charge in [0.1, 0.15) is 23.9 Å². The van der Waals surface area contributed by atoms with E-state index in [0.717, 1.165) is 12.1 Å². The van der Waals surface area contributed by atoms with E-state index in [0.29, 0.717) is 0 Å². The molecule has 14 nitrogen and oxygen atoms in total. The zero-order chi connectivity index (χ0) is 28.7. The molecule has 4 amide bonds. The van der Waals surface area contributed by atoms with Gasteiger partial charge in [-0.2, -0.15) is 0 Å². The number of rotatable bonds is 8. The van der Waals surface area contributed by atoms with Gasteiger partial charge in [0.25, 0.3) is 11.8 Å². The Kier molecular flexibility index (Phi) is 11.2. The number of aromatic nitrogens is 2. The van der Waals surface area contributed by atoms with Crippen molar-refractivity contribution in [2.24, 2.45) is 0 Å². The molecule has 214 valence electrons. The normalized spacial score (nSPS) is 10.1. The van der Waals surface area contributed by atoms with E-state index in [1.807, 2.05) is 0 Å². The molecule has 40 heavy (non-hydrogen) atoms. The maximum absolute atomic E-state index is 12.5. The largest absolute Gasteiger partial charge is 1.00 e. The van der Waals surface area contributed by atoms with Crippen LogP contribution in [0.3, 0.4) is 0 Å². The summed E-state index contributed by atoms with van der Waals surface area (Å²) < 4.78 is 11.9. The highest BCUT2D eigenvalue weighted by Gasteiger charge is 2.17. The Morgan fingerprint density at radius 1 is 0.800 bits per heavy atom. The predicted molar refractivity (Wildman–Crippen MR) is 140 cm³/mol. The quantitative estimate of drug-likeness (QED) is 0.152. The number of anilines is 4. The standard InChI is InChI=1S/C23H22Cl2N6O8.ClH/c1-38-22(36)28-14-7-18(32)16(5-12(14)24)26-20(34)9-30-3-4-31(11-30)10-21(35)27-17-6-13(25)15(8-19(17)33)29-23(37)39-2;/h3-8,11H,9-10H2,1-2H3,(H5-,26,27,28,29,32,33,34,35,36,37);1H. The van der Waals surface area contributed by atoms with Crippen LogP contribution in [0.25, 0.3) is 0 Å². The maximum atomic E-state index is 12.5. The summed E-state index contributed by atoms with van der Waals surface area (Å²) in [4.78, 5) is 47.6. The number of phenols is 2. The van der Waals surface area contributed by atoms with Crippen LogP contribution in [0.15, 0.2) is 43.0 Å². The first-order valence-corrected chi connectivity index (χ1v) is 11.6. The minimum atomic E-state index is -0.783. The maximum Gasteiger partial charge on any atom is 0.411 e. The molecule has 1 heterocycles. The van der Waals surface area contributed by atoms with Gasteiger partial charge in [-0.15, -0.1) is 0 Å². The van der Waals surface area contributed by atoms with Crippen LogP contribution in [0.5, 0.6) is 11.5 Å². The average Bonchev–Trinajstić information content (AvgIpc) is 3.30.